The Bertz CT molecular complexity index is 1030. The Morgan fingerprint density at radius 1 is 1.19 bits per heavy atom. The van der Waals surface area contributed by atoms with Gasteiger partial charge in [0, 0.05) is 18.5 Å². The van der Waals surface area contributed by atoms with Crippen LogP contribution in [0.5, 0.6) is 5.75 Å². The molecule has 3 unspecified atom stereocenters. The van der Waals surface area contributed by atoms with E-state index in [0.717, 1.165) is 11.2 Å². The number of carboxylic acids is 1. The minimum Gasteiger partial charge on any atom is -0.497 e. The van der Waals surface area contributed by atoms with Gasteiger partial charge in [-0.05, 0) is 43.5 Å². The van der Waals surface area contributed by atoms with E-state index in [4.69, 9.17) is 9.84 Å². The molecule has 2 heterocycles. The Kier molecular flexibility index (Phi) is 8.81. The number of carbonyl (C=O) groups excluding carboxylic acids is 4. The first-order chi connectivity index (χ1) is 17.2. The lowest BCUT2D eigenvalue weighted by Crippen LogP contribution is -2.64. The molecule has 0 radical (unpaired) electrons. The molecule has 3 N–H and O–H groups in total. The molecule has 0 aromatic heterocycles. The molecule has 0 bridgehead atoms. The number of methoxy groups -OCH3 is 1. The molecule has 4 amide bonds. The third-order valence-electron chi connectivity index (χ3n) is 5.89. The largest absolute Gasteiger partial charge is 0.497 e. The highest BCUT2D eigenvalue weighted by Gasteiger charge is 2.44. The van der Waals surface area contributed by atoms with Crippen LogP contribution < -0.4 is 15.4 Å². The van der Waals surface area contributed by atoms with Crippen LogP contribution in [0, 0.1) is 0 Å². The molecule has 3 atom stereocenters. The summed E-state index contributed by atoms with van der Waals surface area (Å²) in [5.74, 6) is -2.69. The number of fused-ring (bicyclic) bond motifs is 1. The molecule has 0 saturated carbocycles. The zero-order valence-corrected chi connectivity index (χ0v) is 20.0. The van der Waals surface area contributed by atoms with Gasteiger partial charge in [-0.2, -0.15) is 0 Å². The molecule has 3 rings (SSSR count). The fourth-order valence-corrected chi connectivity index (χ4v) is 4.13. The third kappa shape index (κ3) is 6.29. The molecule has 2 fully saturated rings. The van der Waals surface area contributed by atoms with Crippen molar-refractivity contribution < 1.29 is 38.7 Å². The Balaban J connectivity index is 1.80. The minimum absolute atomic E-state index is 0.00622. The SMILES string of the molecule is CO/N=C/C(CC(=O)O)NC(=O)C1CCCN2C(=O)CCC(NC(=O)c3ccc(OC)cc3)C(=O)N12. The third-order valence-corrected chi connectivity index (χ3v) is 5.89. The van der Waals surface area contributed by atoms with Crippen LogP contribution in [0.1, 0.15) is 42.5 Å². The van der Waals surface area contributed by atoms with E-state index in [-0.39, 0.29) is 31.7 Å². The highest BCUT2D eigenvalue weighted by molar-refractivity contribution is 6.00. The standard InChI is InChI=1S/C23H29N5O8/c1-35-16-7-5-14(6-8-16)21(32)26-17-9-10-19(29)27-11-3-4-18(28(27)23(17)34)22(33)25-15(12-20(30)31)13-24-36-2/h5-8,13,15,17-18H,3-4,9-12H2,1-2H3,(H,25,33)(H,26,32)(H,30,31)/b24-13+. The number of ether oxygens (including phenoxy) is 1. The summed E-state index contributed by atoms with van der Waals surface area (Å²) >= 11 is 0. The Morgan fingerprint density at radius 3 is 2.56 bits per heavy atom. The normalized spacial score (nSPS) is 20.8. The molecule has 36 heavy (non-hydrogen) atoms. The summed E-state index contributed by atoms with van der Waals surface area (Å²) < 4.78 is 5.09. The van der Waals surface area contributed by atoms with E-state index in [2.05, 4.69) is 20.6 Å². The maximum Gasteiger partial charge on any atom is 0.305 e. The summed E-state index contributed by atoms with van der Waals surface area (Å²) in [7, 11) is 2.78. The number of carboxylic acid groups (broad SMARTS) is 1. The molecule has 194 valence electrons. The monoisotopic (exact) mass is 503 g/mol. The van der Waals surface area contributed by atoms with Crippen molar-refractivity contribution in [2.45, 2.75) is 50.2 Å². The van der Waals surface area contributed by atoms with E-state index in [0.29, 0.717) is 17.7 Å². The smallest absolute Gasteiger partial charge is 0.305 e. The van der Waals surface area contributed by atoms with Gasteiger partial charge < -0.3 is 25.3 Å². The number of nitrogens with one attached hydrogen (secondary N) is 2. The van der Waals surface area contributed by atoms with Crippen molar-refractivity contribution >= 4 is 35.8 Å². The van der Waals surface area contributed by atoms with Crippen molar-refractivity contribution in [1.82, 2.24) is 20.7 Å². The molecule has 1 aromatic carbocycles. The summed E-state index contributed by atoms with van der Waals surface area (Å²) in [4.78, 5) is 68.0. The van der Waals surface area contributed by atoms with Crippen LogP contribution in [-0.2, 0) is 24.0 Å². The predicted molar refractivity (Wildman–Crippen MR) is 125 cm³/mol. The summed E-state index contributed by atoms with van der Waals surface area (Å²) in [6.07, 6.45) is 1.48. The van der Waals surface area contributed by atoms with Crippen molar-refractivity contribution in [2.75, 3.05) is 20.8 Å². The molecule has 0 aliphatic carbocycles. The second kappa shape index (κ2) is 12.0. The molecular formula is C23H29N5O8. The van der Waals surface area contributed by atoms with E-state index >= 15 is 0 Å². The van der Waals surface area contributed by atoms with Crippen LogP contribution >= 0.6 is 0 Å². The van der Waals surface area contributed by atoms with Crippen LogP contribution in [0.3, 0.4) is 0 Å². The van der Waals surface area contributed by atoms with Crippen LogP contribution in [0.4, 0.5) is 0 Å². The number of rotatable bonds is 9. The molecule has 0 spiro atoms. The average molecular weight is 504 g/mol. The maximum absolute atomic E-state index is 13.5. The first-order valence-corrected chi connectivity index (χ1v) is 11.4. The average Bonchev–Trinajstić information content (AvgIpc) is 2.99. The van der Waals surface area contributed by atoms with Crippen molar-refractivity contribution in [3.8, 4) is 5.75 Å². The van der Waals surface area contributed by atoms with Crippen LogP contribution in [0.25, 0.3) is 0 Å². The number of benzene rings is 1. The van der Waals surface area contributed by atoms with Crippen molar-refractivity contribution in [3.63, 3.8) is 0 Å². The maximum atomic E-state index is 13.5. The van der Waals surface area contributed by atoms with E-state index in [1.807, 2.05) is 0 Å². The molecule has 2 saturated heterocycles. The quantitative estimate of drug-likeness (QED) is 0.311. The molecule has 2 aliphatic heterocycles. The topological polar surface area (TPSA) is 167 Å². The van der Waals surface area contributed by atoms with Crippen LogP contribution in [-0.4, -0.2) is 89.8 Å². The van der Waals surface area contributed by atoms with Gasteiger partial charge in [-0.3, -0.25) is 29.0 Å². The van der Waals surface area contributed by atoms with Gasteiger partial charge in [0.25, 0.3) is 11.8 Å². The lowest BCUT2D eigenvalue weighted by molar-refractivity contribution is -0.176. The minimum atomic E-state index is -1.17. The zero-order valence-electron chi connectivity index (χ0n) is 20.0. The van der Waals surface area contributed by atoms with Gasteiger partial charge >= 0.3 is 5.97 Å². The molecule has 2 aliphatic rings. The second-order valence-electron chi connectivity index (χ2n) is 8.30. The van der Waals surface area contributed by atoms with E-state index < -0.39 is 48.2 Å². The van der Waals surface area contributed by atoms with Gasteiger partial charge in [-0.25, -0.2) is 5.01 Å². The van der Waals surface area contributed by atoms with Crippen LogP contribution in [0.15, 0.2) is 29.4 Å². The lowest BCUT2D eigenvalue weighted by Gasteiger charge is -2.43. The summed E-state index contributed by atoms with van der Waals surface area (Å²) in [5, 5.41) is 20.2. The Labute approximate surface area is 207 Å². The first kappa shape index (κ1) is 26.4. The van der Waals surface area contributed by atoms with E-state index in [1.165, 1.54) is 19.2 Å². The number of hydrogen-bond acceptors (Lipinski definition) is 8. The highest BCUT2D eigenvalue weighted by atomic mass is 16.6. The fourth-order valence-electron chi connectivity index (χ4n) is 4.13. The van der Waals surface area contributed by atoms with Crippen molar-refractivity contribution in [1.29, 1.82) is 0 Å². The summed E-state index contributed by atoms with van der Waals surface area (Å²) in [6, 6.07) is 3.23. The fraction of sp³-hybridized carbons (Fsp3) is 0.478. The van der Waals surface area contributed by atoms with E-state index in [9.17, 15) is 24.0 Å². The number of amides is 4. The van der Waals surface area contributed by atoms with Gasteiger partial charge in [-0.15, -0.1) is 0 Å². The molecular weight excluding hydrogens is 474 g/mol. The van der Waals surface area contributed by atoms with Gasteiger partial charge in [0.2, 0.25) is 11.8 Å². The molecule has 13 nitrogen and oxygen atoms in total. The van der Waals surface area contributed by atoms with Crippen molar-refractivity contribution in [2.24, 2.45) is 5.16 Å². The number of hydrazine groups is 1. The first-order valence-electron chi connectivity index (χ1n) is 11.4. The second-order valence-corrected chi connectivity index (χ2v) is 8.30. The summed E-state index contributed by atoms with van der Waals surface area (Å²) in [5.41, 5.74) is 0.304. The van der Waals surface area contributed by atoms with E-state index in [1.54, 1.807) is 24.3 Å². The number of aliphatic carboxylic acids is 1. The zero-order chi connectivity index (χ0) is 26.2. The Morgan fingerprint density at radius 2 is 1.92 bits per heavy atom. The Hall–Kier alpha value is -4.16. The van der Waals surface area contributed by atoms with Crippen LogP contribution in [0.2, 0.25) is 0 Å². The predicted octanol–water partition coefficient (Wildman–Crippen LogP) is -0.0863. The summed E-state index contributed by atoms with van der Waals surface area (Å²) in [6.45, 7) is 0.247. The highest BCUT2D eigenvalue weighted by Crippen LogP contribution is 2.25. The number of oxime groups is 1. The lowest BCUT2D eigenvalue weighted by atomic mass is 10.0. The van der Waals surface area contributed by atoms with Gasteiger partial charge in [0.1, 0.15) is 24.9 Å². The van der Waals surface area contributed by atoms with Gasteiger partial charge in [0.15, 0.2) is 0 Å². The van der Waals surface area contributed by atoms with Gasteiger partial charge in [-0.1, -0.05) is 5.16 Å². The molecule has 1 aromatic rings. The van der Waals surface area contributed by atoms with Gasteiger partial charge in [0.05, 0.1) is 25.8 Å². The molecule has 13 heteroatoms. The number of carbonyl (C=O) groups is 5. The number of hydrogen-bond donors (Lipinski definition) is 3. The van der Waals surface area contributed by atoms with Crippen molar-refractivity contribution in [3.05, 3.63) is 29.8 Å². The number of nitrogens with zero attached hydrogens (tertiary/aromatic N) is 3.